The van der Waals surface area contributed by atoms with Gasteiger partial charge in [-0.1, -0.05) is 0 Å². The van der Waals surface area contributed by atoms with Crippen LogP contribution in [0.5, 0.6) is 5.75 Å². The zero-order valence-corrected chi connectivity index (χ0v) is 11.1. The molecule has 0 fully saturated rings. The molecule has 1 aromatic carbocycles. The molecule has 1 heterocycles. The van der Waals surface area contributed by atoms with Gasteiger partial charge in [0.2, 0.25) is 0 Å². The van der Waals surface area contributed by atoms with Crippen LogP contribution in [0.4, 0.5) is 5.69 Å². The van der Waals surface area contributed by atoms with E-state index in [2.05, 4.69) is 24.3 Å². The third-order valence-electron chi connectivity index (χ3n) is 3.00. The summed E-state index contributed by atoms with van der Waals surface area (Å²) in [5.41, 5.74) is 3.49. The first kappa shape index (κ1) is 12.5. The molecule has 0 unspecified atom stereocenters. The van der Waals surface area contributed by atoms with Crippen LogP contribution in [-0.4, -0.2) is 16.9 Å². The summed E-state index contributed by atoms with van der Waals surface area (Å²) in [5.74, 6) is 0.886. The first-order valence-corrected chi connectivity index (χ1v) is 6.13. The molecule has 2 aromatic rings. The van der Waals surface area contributed by atoms with Crippen LogP contribution in [0.2, 0.25) is 0 Å². The number of hydrogen-bond acceptors (Lipinski definition) is 3. The van der Waals surface area contributed by atoms with Gasteiger partial charge in [0.25, 0.3) is 0 Å². The van der Waals surface area contributed by atoms with Crippen LogP contribution in [0.25, 0.3) is 0 Å². The summed E-state index contributed by atoms with van der Waals surface area (Å²) in [6, 6.07) is 8.07. The molecular weight excluding hydrogens is 226 g/mol. The fraction of sp³-hybridized carbons (Fsp3) is 0.357. The van der Waals surface area contributed by atoms with Gasteiger partial charge in [0.1, 0.15) is 5.75 Å². The van der Waals surface area contributed by atoms with E-state index < -0.39 is 0 Å². The van der Waals surface area contributed by atoms with E-state index in [0.29, 0.717) is 0 Å². The molecular formula is C14H19N3O. The number of rotatable bonds is 5. The van der Waals surface area contributed by atoms with E-state index >= 15 is 0 Å². The lowest BCUT2D eigenvalue weighted by molar-refractivity contribution is 0.414. The van der Waals surface area contributed by atoms with Crippen LogP contribution in [0, 0.1) is 6.92 Å². The first-order valence-electron chi connectivity index (χ1n) is 6.13. The van der Waals surface area contributed by atoms with Crippen LogP contribution in [-0.2, 0) is 13.1 Å². The van der Waals surface area contributed by atoms with E-state index in [1.165, 1.54) is 11.3 Å². The summed E-state index contributed by atoms with van der Waals surface area (Å²) in [4.78, 5) is 0. The van der Waals surface area contributed by atoms with E-state index in [4.69, 9.17) is 4.74 Å². The lowest BCUT2D eigenvalue weighted by Crippen LogP contribution is -2.08. The smallest absolute Gasteiger partial charge is 0.119 e. The number of aromatic nitrogens is 2. The van der Waals surface area contributed by atoms with Crippen molar-refractivity contribution in [2.45, 2.75) is 26.9 Å². The van der Waals surface area contributed by atoms with Gasteiger partial charge in [-0.2, -0.15) is 5.10 Å². The minimum Gasteiger partial charge on any atom is -0.497 e. The predicted molar refractivity (Wildman–Crippen MR) is 73.0 cm³/mol. The molecule has 4 nitrogen and oxygen atoms in total. The number of aryl methyl sites for hydroxylation is 2. The van der Waals surface area contributed by atoms with Crippen molar-refractivity contribution in [1.29, 1.82) is 0 Å². The number of anilines is 1. The summed E-state index contributed by atoms with van der Waals surface area (Å²) < 4.78 is 7.19. The highest BCUT2D eigenvalue weighted by molar-refractivity contribution is 5.53. The van der Waals surface area contributed by atoms with Crippen LogP contribution in [0.15, 0.2) is 30.5 Å². The second kappa shape index (κ2) is 5.58. The Hall–Kier alpha value is -1.97. The Balaban J connectivity index is 2.06. The molecule has 0 aliphatic rings. The van der Waals surface area contributed by atoms with Crippen molar-refractivity contribution < 1.29 is 4.74 Å². The lowest BCUT2D eigenvalue weighted by atomic mass is 10.2. The molecule has 1 aromatic heterocycles. The standard InChI is InChI=1S/C14H19N3O/c1-4-17-12(7-8-16-17)10-15-14-6-5-13(18-3)9-11(14)2/h5-9,15H,4,10H2,1-3H3. The quantitative estimate of drug-likeness (QED) is 0.880. The van der Waals surface area contributed by atoms with Crippen molar-refractivity contribution in [2.75, 3.05) is 12.4 Å². The maximum absolute atomic E-state index is 5.20. The number of benzene rings is 1. The van der Waals surface area contributed by atoms with E-state index in [1.54, 1.807) is 7.11 Å². The molecule has 18 heavy (non-hydrogen) atoms. The maximum Gasteiger partial charge on any atom is 0.119 e. The van der Waals surface area contributed by atoms with E-state index in [1.807, 2.05) is 35.1 Å². The zero-order chi connectivity index (χ0) is 13.0. The molecule has 0 saturated carbocycles. The fourth-order valence-corrected chi connectivity index (χ4v) is 1.94. The van der Waals surface area contributed by atoms with Crippen molar-refractivity contribution in [2.24, 2.45) is 0 Å². The number of nitrogens with zero attached hydrogens (tertiary/aromatic N) is 2. The predicted octanol–water partition coefficient (Wildman–Crippen LogP) is 2.83. The minimum atomic E-state index is 0.779. The molecule has 4 heteroatoms. The molecule has 2 rings (SSSR count). The molecule has 0 saturated heterocycles. The molecule has 1 N–H and O–H groups in total. The Labute approximate surface area is 108 Å². The van der Waals surface area contributed by atoms with Gasteiger partial charge in [0.05, 0.1) is 19.3 Å². The highest BCUT2D eigenvalue weighted by Gasteiger charge is 2.03. The van der Waals surface area contributed by atoms with Gasteiger partial charge in [-0.25, -0.2) is 0 Å². The van der Waals surface area contributed by atoms with Gasteiger partial charge in [-0.05, 0) is 43.7 Å². The van der Waals surface area contributed by atoms with Crippen molar-refractivity contribution in [3.8, 4) is 5.75 Å². The van der Waals surface area contributed by atoms with E-state index in [9.17, 15) is 0 Å². The fourth-order valence-electron chi connectivity index (χ4n) is 1.94. The summed E-state index contributed by atoms with van der Waals surface area (Å²) in [5, 5.41) is 7.68. The molecule has 0 amide bonds. The third kappa shape index (κ3) is 2.64. The molecule has 0 aliphatic heterocycles. The summed E-state index contributed by atoms with van der Waals surface area (Å²) >= 11 is 0. The Morgan fingerprint density at radius 1 is 1.33 bits per heavy atom. The molecule has 0 bridgehead atoms. The first-order chi connectivity index (χ1) is 8.74. The Morgan fingerprint density at radius 3 is 2.83 bits per heavy atom. The van der Waals surface area contributed by atoms with Crippen LogP contribution < -0.4 is 10.1 Å². The second-order valence-corrected chi connectivity index (χ2v) is 4.17. The van der Waals surface area contributed by atoms with Crippen LogP contribution in [0.3, 0.4) is 0 Å². The molecule has 0 spiro atoms. The Kier molecular flexibility index (Phi) is 3.87. The van der Waals surface area contributed by atoms with Gasteiger partial charge in [0.15, 0.2) is 0 Å². The van der Waals surface area contributed by atoms with Gasteiger partial charge in [0, 0.05) is 18.4 Å². The van der Waals surface area contributed by atoms with E-state index in [-0.39, 0.29) is 0 Å². The summed E-state index contributed by atoms with van der Waals surface area (Å²) in [7, 11) is 1.68. The van der Waals surface area contributed by atoms with Crippen molar-refractivity contribution >= 4 is 5.69 Å². The Morgan fingerprint density at radius 2 is 2.17 bits per heavy atom. The zero-order valence-electron chi connectivity index (χ0n) is 11.1. The van der Waals surface area contributed by atoms with Gasteiger partial charge < -0.3 is 10.1 Å². The largest absolute Gasteiger partial charge is 0.497 e. The Bertz CT molecular complexity index is 520. The number of methoxy groups -OCH3 is 1. The lowest BCUT2D eigenvalue weighted by Gasteiger charge is -2.11. The topological polar surface area (TPSA) is 39.1 Å². The van der Waals surface area contributed by atoms with Crippen LogP contribution in [0.1, 0.15) is 18.2 Å². The van der Waals surface area contributed by atoms with Crippen molar-refractivity contribution in [1.82, 2.24) is 9.78 Å². The number of hydrogen-bond donors (Lipinski definition) is 1. The molecule has 0 radical (unpaired) electrons. The molecule has 0 atom stereocenters. The minimum absolute atomic E-state index is 0.779. The SMILES string of the molecule is CCn1nccc1CNc1ccc(OC)cc1C. The van der Waals surface area contributed by atoms with E-state index in [0.717, 1.165) is 24.5 Å². The van der Waals surface area contributed by atoms with Crippen molar-refractivity contribution in [3.05, 3.63) is 41.7 Å². The summed E-state index contributed by atoms with van der Waals surface area (Å²) in [6.07, 6.45) is 1.83. The highest BCUT2D eigenvalue weighted by atomic mass is 16.5. The maximum atomic E-state index is 5.20. The number of nitrogens with one attached hydrogen (secondary N) is 1. The average Bonchev–Trinajstić information content (AvgIpc) is 2.84. The van der Waals surface area contributed by atoms with Crippen LogP contribution >= 0.6 is 0 Å². The highest BCUT2D eigenvalue weighted by Crippen LogP contribution is 2.21. The number of ether oxygens (including phenoxy) is 1. The monoisotopic (exact) mass is 245 g/mol. The molecule has 0 aliphatic carbocycles. The average molecular weight is 245 g/mol. The second-order valence-electron chi connectivity index (χ2n) is 4.17. The molecule has 96 valence electrons. The third-order valence-corrected chi connectivity index (χ3v) is 3.00. The van der Waals surface area contributed by atoms with Crippen molar-refractivity contribution in [3.63, 3.8) is 0 Å². The van der Waals surface area contributed by atoms with Gasteiger partial charge in [-0.15, -0.1) is 0 Å². The summed E-state index contributed by atoms with van der Waals surface area (Å²) in [6.45, 7) is 5.84. The van der Waals surface area contributed by atoms with Gasteiger partial charge >= 0.3 is 0 Å². The normalized spacial score (nSPS) is 10.4. The van der Waals surface area contributed by atoms with Gasteiger partial charge in [-0.3, -0.25) is 4.68 Å².